The van der Waals surface area contributed by atoms with Gasteiger partial charge in [-0.3, -0.25) is 9.89 Å². The van der Waals surface area contributed by atoms with E-state index in [2.05, 4.69) is 10.2 Å². The molecule has 0 aliphatic carbocycles. The molecule has 0 aromatic carbocycles. The molecule has 1 aromatic heterocycles. The van der Waals surface area contributed by atoms with Gasteiger partial charge in [-0.15, -0.1) is 0 Å². The second kappa shape index (κ2) is 3.58. The van der Waals surface area contributed by atoms with E-state index in [1.165, 1.54) is 6.20 Å². The second-order valence-electron chi connectivity index (χ2n) is 2.44. The Kier molecular flexibility index (Phi) is 2.70. The van der Waals surface area contributed by atoms with Gasteiger partial charge in [0.2, 0.25) is 0 Å². The summed E-state index contributed by atoms with van der Waals surface area (Å²) in [6, 6.07) is 0. The lowest BCUT2D eigenvalue weighted by molar-refractivity contribution is -0.138. The molecule has 0 saturated carbocycles. The molecule has 0 amide bonds. The maximum Gasteiger partial charge on any atom is 0.311 e. The number of hydrogen-bond donors (Lipinski definition) is 2. The monoisotopic (exact) mass is 188 g/mol. The Labute approximate surface area is 74.5 Å². The molecule has 0 spiro atoms. The van der Waals surface area contributed by atoms with Crippen LogP contribution >= 0.6 is 11.6 Å². The summed E-state index contributed by atoms with van der Waals surface area (Å²) >= 11 is 5.68. The van der Waals surface area contributed by atoms with Crippen LogP contribution in [0.3, 0.4) is 0 Å². The summed E-state index contributed by atoms with van der Waals surface area (Å²) in [5.41, 5.74) is 0.548. The zero-order valence-corrected chi connectivity index (χ0v) is 7.30. The van der Waals surface area contributed by atoms with E-state index in [9.17, 15) is 4.79 Å². The van der Waals surface area contributed by atoms with Crippen LogP contribution < -0.4 is 0 Å². The number of carboxylic acid groups (broad SMARTS) is 1. The van der Waals surface area contributed by atoms with Gasteiger partial charge in [-0.1, -0.05) is 18.5 Å². The van der Waals surface area contributed by atoms with Crippen LogP contribution in [0.5, 0.6) is 0 Å². The first-order valence-corrected chi connectivity index (χ1v) is 3.96. The number of halogens is 1. The van der Waals surface area contributed by atoms with Crippen LogP contribution in [-0.4, -0.2) is 21.3 Å². The fourth-order valence-corrected chi connectivity index (χ4v) is 1.28. The summed E-state index contributed by atoms with van der Waals surface area (Å²) in [4.78, 5) is 10.7. The molecule has 0 bridgehead atoms. The Bertz CT molecular complexity index is 285. The standard InChI is InChI=1S/C7H9ClN2O2/c1-2-4(7(11)12)5-3-9-10-6(5)8/h3-4H,2H2,1H3,(H,9,10)(H,11,12). The van der Waals surface area contributed by atoms with Crippen LogP contribution in [0.25, 0.3) is 0 Å². The van der Waals surface area contributed by atoms with E-state index in [-0.39, 0.29) is 0 Å². The molecule has 66 valence electrons. The smallest absolute Gasteiger partial charge is 0.311 e. The van der Waals surface area contributed by atoms with E-state index in [0.29, 0.717) is 17.1 Å². The van der Waals surface area contributed by atoms with E-state index in [1.807, 2.05) is 0 Å². The molecule has 4 nitrogen and oxygen atoms in total. The third kappa shape index (κ3) is 1.58. The highest BCUT2D eigenvalue weighted by Crippen LogP contribution is 2.24. The van der Waals surface area contributed by atoms with Crippen LogP contribution in [0.2, 0.25) is 5.15 Å². The predicted molar refractivity (Wildman–Crippen MR) is 44.3 cm³/mol. The summed E-state index contributed by atoms with van der Waals surface area (Å²) in [7, 11) is 0. The van der Waals surface area contributed by atoms with Gasteiger partial charge < -0.3 is 5.11 Å². The van der Waals surface area contributed by atoms with Crippen LogP contribution in [-0.2, 0) is 4.79 Å². The zero-order chi connectivity index (χ0) is 9.14. The topological polar surface area (TPSA) is 66.0 Å². The molecule has 2 N–H and O–H groups in total. The van der Waals surface area contributed by atoms with Crippen molar-refractivity contribution in [2.45, 2.75) is 19.3 Å². The van der Waals surface area contributed by atoms with Gasteiger partial charge in [0.1, 0.15) is 5.15 Å². The van der Waals surface area contributed by atoms with Crippen molar-refractivity contribution >= 4 is 17.6 Å². The van der Waals surface area contributed by atoms with Gasteiger partial charge in [0.25, 0.3) is 0 Å². The highest BCUT2D eigenvalue weighted by Gasteiger charge is 2.21. The second-order valence-corrected chi connectivity index (χ2v) is 2.82. The lowest BCUT2D eigenvalue weighted by Crippen LogP contribution is -2.09. The number of hydrogen-bond acceptors (Lipinski definition) is 2. The zero-order valence-electron chi connectivity index (χ0n) is 6.54. The van der Waals surface area contributed by atoms with E-state index in [0.717, 1.165) is 0 Å². The lowest BCUT2D eigenvalue weighted by Gasteiger charge is -2.06. The molecule has 0 fully saturated rings. The molecule has 1 unspecified atom stereocenters. The van der Waals surface area contributed by atoms with Gasteiger partial charge in [-0.2, -0.15) is 5.10 Å². The van der Waals surface area contributed by atoms with Gasteiger partial charge >= 0.3 is 5.97 Å². The minimum Gasteiger partial charge on any atom is -0.481 e. The van der Waals surface area contributed by atoms with Crippen molar-refractivity contribution in [2.24, 2.45) is 0 Å². The molecule has 1 aromatic rings. The molecule has 0 aliphatic rings. The molecule has 0 aliphatic heterocycles. The third-order valence-corrected chi connectivity index (χ3v) is 2.00. The Hall–Kier alpha value is -1.03. The number of carbonyl (C=O) groups is 1. The minimum atomic E-state index is -0.874. The number of aliphatic carboxylic acids is 1. The van der Waals surface area contributed by atoms with Gasteiger partial charge in [0, 0.05) is 5.56 Å². The number of aromatic amines is 1. The molecule has 0 radical (unpaired) electrons. The molecule has 1 rings (SSSR count). The first kappa shape index (κ1) is 9.06. The average Bonchev–Trinajstić information content (AvgIpc) is 2.38. The minimum absolute atomic E-state index is 0.309. The highest BCUT2D eigenvalue weighted by atomic mass is 35.5. The number of carboxylic acids is 1. The maximum atomic E-state index is 10.7. The summed E-state index contributed by atoms with van der Waals surface area (Å²) in [6.45, 7) is 1.79. The largest absolute Gasteiger partial charge is 0.481 e. The number of rotatable bonds is 3. The highest BCUT2D eigenvalue weighted by molar-refractivity contribution is 6.30. The van der Waals surface area contributed by atoms with Crippen molar-refractivity contribution in [3.05, 3.63) is 16.9 Å². The first-order valence-electron chi connectivity index (χ1n) is 3.58. The summed E-state index contributed by atoms with van der Waals surface area (Å²) in [5, 5.41) is 15.2. The predicted octanol–water partition coefficient (Wildman–Crippen LogP) is 1.64. The summed E-state index contributed by atoms with van der Waals surface area (Å²) in [5.74, 6) is -1.43. The third-order valence-electron chi connectivity index (χ3n) is 1.70. The Balaban J connectivity index is 2.94. The maximum absolute atomic E-state index is 10.7. The summed E-state index contributed by atoms with van der Waals surface area (Å²) < 4.78 is 0. The number of nitrogens with one attached hydrogen (secondary N) is 1. The number of nitrogens with zero attached hydrogens (tertiary/aromatic N) is 1. The van der Waals surface area contributed by atoms with E-state index < -0.39 is 11.9 Å². The van der Waals surface area contributed by atoms with Crippen molar-refractivity contribution < 1.29 is 9.90 Å². The number of aromatic nitrogens is 2. The van der Waals surface area contributed by atoms with E-state index >= 15 is 0 Å². The Morgan fingerprint density at radius 3 is 2.92 bits per heavy atom. The van der Waals surface area contributed by atoms with E-state index in [4.69, 9.17) is 16.7 Å². The van der Waals surface area contributed by atoms with Gasteiger partial charge in [0.05, 0.1) is 12.1 Å². The van der Waals surface area contributed by atoms with Crippen LogP contribution in [0.4, 0.5) is 0 Å². The van der Waals surface area contributed by atoms with Crippen LogP contribution in [0.15, 0.2) is 6.20 Å². The Morgan fingerprint density at radius 2 is 2.58 bits per heavy atom. The van der Waals surface area contributed by atoms with Crippen molar-refractivity contribution in [1.82, 2.24) is 10.2 Å². The molecule has 5 heteroatoms. The summed E-state index contributed by atoms with van der Waals surface area (Å²) in [6.07, 6.45) is 1.96. The molecular weight excluding hydrogens is 180 g/mol. The molecule has 1 heterocycles. The fourth-order valence-electron chi connectivity index (χ4n) is 1.05. The van der Waals surface area contributed by atoms with Crippen molar-refractivity contribution in [3.63, 3.8) is 0 Å². The van der Waals surface area contributed by atoms with Crippen LogP contribution in [0.1, 0.15) is 24.8 Å². The van der Waals surface area contributed by atoms with Gasteiger partial charge in [-0.05, 0) is 6.42 Å². The van der Waals surface area contributed by atoms with Gasteiger partial charge in [0.15, 0.2) is 0 Å². The normalized spacial score (nSPS) is 12.8. The average molecular weight is 189 g/mol. The van der Waals surface area contributed by atoms with Crippen molar-refractivity contribution in [3.8, 4) is 0 Å². The first-order chi connectivity index (χ1) is 5.66. The molecule has 0 saturated heterocycles. The SMILES string of the molecule is CCC(C(=O)O)c1cn[nH]c1Cl. The Morgan fingerprint density at radius 1 is 1.92 bits per heavy atom. The van der Waals surface area contributed by atoms with Gasteiger partial charge in [-0.25, -0.2) is 0 Å². The van der Waals surface area contributed by atoms with Crippen molar-refractivity contribution in [1.29, 1.82) is 0 Å². The van der Waals surface area contributed by atoms with E-state index in [1.54, 1.807) is 6.92 Å². The van der Waals surface area contributed by atoms with Crippen molar-refractivity contribution in [2.75, 3.05) is 0 Å². The molecular formula is C7H9ClN2O2. The number of H-pyrrole nitrogens is 1. The lowest BCUT2D eigenvalue weighted by atomic mass is 10.0. The van der Waals surface area contributed by atoms with Crippen LogP contribution in [0, 0.1) is 0 Å². The molecule has 1 atom stereocenters. The quantitative estimate of drug-likeness (QED) is 0.758. The fraction of sp³-hybridized carbons (Fsp3) is 0.429. The molecule has 12 heavy (non-hydrogen) atoms.